The number of fused-ring (bicyclic) bond motifs is 5. The van der Waals surface area contributed by atoms with E-state index in [9.17, 15) is 10.2 Å². The third-order valence-electron chi connectivity index (χ3n) is 7.10. The van der Waals surface area contributed by atoms with Crippen LogP contribution in [0.15, 0.2) is 18.2 Å². The summed E-state index contributed by atoms with van der Waals surface area (Å²) in [5.74, 6) is 4.82. The van der Waals surface area contributed by atoms with Gasteiger partial charge >= 0.3 is 0 Å². The molecule has 0 unspecified atom stereocenters. The fraction of sp³-hybridized carbons (Fsp3) is 0.600. The number of aromatic hydroxyl groups is 1. The maximum atomic E-state index is 10.9. The van der Waals surface area contributed by atoms with Crippen molar-refractivity contribution in [1.82, 2.24) is 0 Å². The topological polar surface area (TPSA) is 40.5 Å². The van der Waals surface area contributed by atoms with Crippen molar-refractivity contribution in [1.29, 1.82) is 0 Å². The molecular weight excluding hydrogens is 272 g/mol. The highest BCUT2D eigenvalue weighted by atomic mass is 16.3. The Morgan fingerprint density at radius 2 is 2.05 bits per heavy atom. The molecule has 0 saturated heterocycles. The smallest absolute Gasteiger partial charge is 0.130 e. The molecule has 4 rings (SSSR count). The summed E-state index contributed by atoms with van der Waals surface area (Å²) in [7, 11) is 0. The summed E-state index contributed by atoms with van der Waals surface area (Å²) >= 11 is 0. The molecule has 2 N–H and O–H groups in total. The molecule has 116 valence electrons. The SMILES string of the molecule is C#C[C@@]1(O)CC[C@H]2[C@@H]3CCc4cc(O)ccc4[C@@H]3CC[C@@]21C. The number of terminal acetylenes is 1. The van der Waals surface area contributed by atoms with Crippen LogP contribution < -0.4 is 0 Å². The second kappa shape index (κ2) is 4.52. The normalized spacial score (nSPS) is 42.9. The molecule has 5 atom stereocenters. The highest BCUT2D eigenvalue weighted by Crippen LogP contribution is 2.64. The lowest BCUT2D eigenvalue weighted by Gasteiger charge is -2.52. The third-order valence-corrected chi connectivity index (χ3v) is 7.10. The van der Waals surface area contributed by atoms with Crippen LogP contribution in [0, 0.1) is 29.6 Å². The van der Waals surface area contributed by atoms with Crippen molar-refractivity contribution in [2.24, 2.45) is 17.3 Å². The van der Waals surface area contributed by atoms with Gasteiger partial charge in [-0.3, -0.25) is 0 Å². The van der Waals surface area contributed by atoms with Crippen molar-refractivity contribution >= 4 is 0 Å². The van der Waals surface area contributed by atoms with Gasteiger partial charge in [-0.25, -0.2) is 0 Å². The number of hydrogen-bond acceptors (Lipinski definition) is 2. The van der Waals surface area contributed by atoms with Crippen molar-refractivity contribution in [2.45, 2.75) is 57.0 Å². The van der Waals surface area contributed by atoms with Gasteiger partial charge in [0.05, 0.1) is 0 Å². The number of phenolic OH excluding ortho intramolecular Hbond substituents is 1. The van der Waals surface area contributed by atoms with Gasteiger partial charge in [0, 0.05) is 5.41 Å². The van der Waals surface area contributed by atoms with Crippen molar-refractivity contribution in [3.63, 3.8) is 0 Å². The number of benzene rings is 1. The summed E-state index contributed by atoms with van der Waals surface area (Å²) in [5, 5.41) is 20.6. The molecule has 0 aliphatic heterocycles. The minimum Gasteiger partial charge on any atom is -0.508 e. The lowest BCUT2D eigenvalue weighted by atomic mass is 9.53. The van der Waals surface area contributed by atoms with Gasteiger partial charge in [-0.15, -0.1) is 6.42 Å². The molecule has 0 heterocycles. The van der Waals surface area contributed by atoms with Gasteiger partial charge in [0.2, 0.25) is 0 Å². The Balaban J connectivity index is 1.72. The van der Waals surface area contributed by atoms with Crippen LogP contribution in [0.2, 0.25) is 0 Å². The predicted molar refractivity (Wildman–Crippen MR) is 86.5 cm³/mol. The molecule has 3 aliphatic carbocycles. The Kier molecular flexibility index (Phi) is 2.91. The molecule has 0 bridgehead atoms. The minimum absolute atomic E-state index is 0.128. The number of aryl methyl sites for hydroxylation is 1. The maximum absolute atomic E-state index is 10.9. The van der Waals surface area contributed by atoms with Gasteiger partial charge in [-0.1, -0.05) is 18.9 Å². The monoisotopic (exact) mass is 296 g/mol. The van der Waals surface area contributed by atoms with Crippen LogP contribution in [0.5, 0.6) is 5.75 Å². The van der Waals surface area contributed by atoms with Crippen molar-refractivity contribution in [2.75, 3.05) is 0 Å². The van der Waals surface area contributed by atoms with Gasteiger partial charge in [0.15, 0.2) is 0 Å². The largest absolute Gasteiger partial charge is 0.508 e. The fourth-order valence-corrected chi connectivity index (χ4v) is 5.82. The van der Waals surface area contributed by atoms with Gasteiger partial charge in [-0.05, 0) is 79.5 Å². The minimum atomic E-state index is -0.919. The molecule has 1 aromatic carbocycles. The van der Waals surface area contributed by atoms with Gasteiger partial charge in [-0.2, -0.15) is 0 Å². The zero-order valence-electron chi connectivity index (χ0n) is 13.2. The lowest BCUT2D eigenvalue weighted by molar-refractivity contribution is -0.0646. The molecular formula is C20H24O2. The van der Waals surface area contributed by atoms with E-state index in [1.165, 1.54) is 11.1 Å². The standard InChI is InChI=1S/C20H24O2/c1-3-20(22)11-9-18-17-6-4-13-12-14(21)5-7-15(13)16(17)8-10-19(18,20)2/h1,5,7,12,16-18,21-22H,4,6,8-11H2,2H3/t16-,17+,18-,19-,20+/m0/s1. The molecule has 1 aromatic rings. The van der Waals surface area contributed by atoms with Crippen LogP contribution in [0.4, 0.5) is 0 Å². The Morgan fingerprint density at radius 3 is 2.82 bits per heavy atom. The first-order chi connectivity index (χ1) is 10.5. The molecule has 2 nitrogen and oxygen atoms in total. The van der Waals surface area contributed by atoms with Crippen LogP contribution in [0.3, 0.4) is 0 Å². The average Bonchev–Trinajstić information content (AvgIpc) is 2.79. The Hall–Kier alpha value is -1.46. The fourth-order valence-electron chi connectivity index (χ4n) is 5.82. The molecule has 0 amide bonds. The van der Waals surface area contributed by atoms with E-state index in [0.29, 0.717) is 23.5 Å². The van der Waals surface area contributed by atoms with Crippen molar-refractivity contribution in [3.8, 4) is 18.1 Å². The maximum Gasteiger partial charge on any atom is 0.130 e. The first kappa shape index (κ1) is 14.2. The van der Waals surface area contributed by atoms with E-state index >= 15 is 0 Å². The van der Waals surface area contributed by atoms with Crippen LogP contribution in [0.1, 0.15) is 56.1 Å². The zero-order chi connectivity index (χ0) is 15.5. The van der Waals surface area contributed by atoms with Crippen molar-refractivity contribution < 1.29 is 10.2 Å². The van der Waals surface area contributed by atoms with E-state index in [-0.39, 0.29) is 5.41 Å². The summed E-state index contributed by atoms with van der Waals surface area (Å²) in [6.07, 6.45) is 11.8. The lowest BCUT2D eigenvalue weighted by Crippen LogP contribution is -2.50. The van der Waals surface area contributed by atoms with E-state index in [4.69, 9.17) is 6.42 Å². The zero-order valence-corrected chi connectivity index (χ0v) is 13.2. The number of aliphatic hydroxyl groups is 1. The highest BCUT2D eigenvalue weighted by Gasteiger charge is 2.61. The van der Waals surface area contributed by atoms with Crippen LogP contribution in [-0.2, 0) is 6.42 Å². The third kappa shape index (κ3) is 1.66. The first-order valence-electron chi connectivity index (χ1n) is 8.50. The van der Waals surface area contributed by atoms with Crippen molar-refractivity contribution in [3.05, 3.63) is 29.3 Å². The molecule has 2 fully saturated rings. The predicted octanol–water partition coefficient (Wildman–Crippen LogP) is 3.61. The summed E-state index contributed by atoms with van der Waals surface area (Å²) in [6.45, 7) is 2.22. The number of phenols is 1. The second-order valence-electron chi connectivity index (χ2n) is 7.80. The van der Waals surface area contributed by atoms with E-state index in [1.54, 1.807) is 0 Å². The number of rotatable bonds is 0. The van der Waals surface area contributed by atoms with E-state index in [2.05, 4.69) is 18.9 Å². The summed E-state index contributed by atoms with van der Waals surface area (Å²) in [4.78, 5) is 0. The van der Waals surface area contributed by atoms with E-state index in [0.717, 1.165) is 38.5 Å². The Labute approximate surface area is 132 Å². The molecule has 22 heavy (non-hydrogen) atoms. The Bertz CT molecular complexity index is 658. The molecule has 3 aliphatic rings. The molecule has 0 spiro atoms. The highest BCUT2D eigenvalue weighted by molar-refractivity contribution is 5.40. The van der Waals surface area contributed by atoms with Gasteiger partial charge in [0.1, 0.15) is 11.4 Å². The molecule has 2 saturated carbocycles. The van der Waals surface area contributed by atoms with Crippen LogP contribution >= 0.6 is 0 Å². The molecule has 2 heteroatoms. The summed E-state index contributed by atoms with van der Waals surface area (Å²) < 4.78 is 0. The van der Waals surface area contributed by atoms with E-state index < -0.39 is 5.60 Å². The number of hydrogen-bond donors (Lipinski definition) is 2. The Morgan fingerprint density at radius 1 is 1.23 bits per heavy atom. The van der Waals surface area contributed by atoms with Crippen LogP contribution in [0.25, 0.3) is 0 Å². The average molecular weight is 296 g/mol. The molecule has 0 radical (unpaired) electrons. The summed E-state index contributed by atoms with van der Waals surface area (Å²) in [6, 6.07) is 5.87. The van der Waals surface area contributed by atoms with Crippen LogP contribution in [-0.4, -0.2) is 15.8 Å². The first-order valence-corrected chi connectivity index (χ1v) is 8.50. The quantitative estimate of drug-likeness (QED) is 0.718. The molecule has 0 aromatic heterocycles. The van der Waals surface area contributed by atoms with Gasteiger partial charge < -0.3 is 10.2 Å². The van der Waals surface area contributed by atoms with E-state index in [1.807, 2.05) is 12.1 Å². The second-order valence-corrected chi connectivity index (χ2v) is 7.80. The van der Waals surface area contributed by atoms with Gasteiger partial charge in [0.25, 0.3) is 0 Å². The summed E-state index contributed by atoms with van der Waals surface area (Å²) in [5.41, 5.74) is 1.69.